The van der Waals surface area contributed by atoms with E-state index in [1.807, 2.05) is 35.2 Å². The number of piperazine rings is 1. The summed E-state index contributed by atoms with van der Waals surface area (Å²) in [7, 11) is 0. The van der Waals surface area contributed by atoms with Gasteiger partial charge in [-0.2, -0.15) is 13.2 Å². The van der Waals surface area contributed by atoms with Crippen LogP contribution in [0.3, 0.4) is 0 Å². The van der Waals surface area contributed by atoms with Gasteiger partial charge < -0.3 is 9.80 Å². The fourth-order valence-electron chi connectivity index (χ4n) is 4.55. The fraction of sp³-hybridized carbons (Fsp3) is 0.440. The number of carbonyl (C=O) groups excluding carboxylic acids is 2. The minimum atomic E-state index is -4.34. The lowest BCUT2D eigenvalue weighted by Crippen LogP contribution is -2.53. The van der Waals surface area contributed by atoms with Gasteiger partial charge in [0.1, 0.15) is 6.04 Å². The van der Waals surface area contributed by atoms with E-state index < -0.39 is 17.8 Å². The molecule has 176 valence electrons. The van der Waals surface area contributed by atoms with Crippen LogP contribution in [0.15, 0.2) is 54.6 Å². The first kappa shape index (κ1) is 23.3. The smallest absolute Gasteiger partial charge is 0.338 e. The molecule has 2 heterocycles. The van der Waals surface area contributed by atoms with Crippen LogP contribution in [0.2, 0.25) is 0 Å². The van der Waals surface area contributed by atoms with Gasteiger partial charge in [-0.05, 0) is 36.1 Å². The van der Waals surface area contributed by atoms with Crippen molar-refractivity contribution in [2.24, 2.45) is 0 Å². The van der Waals surface area contributed by atoms with Crippen molar-refractivity contribution in [1.82, 2.24) is 14.7 Å². The van der Waals surface area contributed by atoms with Crippen LogP contribution in [0.1, 0.15) is 42.0 Å². The molecule has 2 saturated heterocycles. The normalized spacial score (nSPS) is 18.9. The predicted octanol–water partition coefficient (Wildman–Crippen LogP) is 4.10. The van der Waals surface area contributed by atoms with Crippen molar-refractivity contribution in [2.45, 2.75) is 38.0 Å². The van der Waals surface area contributed by atoms with Gasteiger partial charge in [-0.3, -0.25) is 14.5 Å². The predicted molar refractivity (Wildman–Crippen MR) is 118 cm³/mol. The molecule has 0 spiro atoms. The number of benzene rings is 2. The summed E-state index contributed by atoms with van der Waals surface area (Å²) in [4.78, 5) is 31.8. The van der Waals surface area contributed by atoms with Crippen LogP contribution >= 0.6 is 0 Å². The minimum Gasteiger partial charge on any atom is -0.338 e. The van der Waals surface area contributed by atoms with Crippen LogP contribution in [-0.4, -0.2) is 59.2 Å². The molecule has 1 unspecified atom stereocenters. The number of piperidine rings is 1. The molecule has 0 radical (unpaired) electrons. The molecule has 2 aromatic carbocycles. The lowest BCUT2D eigenvalue weighted by Gasteiger charge is -2.40. The maximum absolute atomic E-state index is 13.5. The number of likely N-dealkylation sites (tertiary alicyclic amines) is 1. The Kier molecular flexibility index (Phi) is 7.02. The molecule has 0 aromatic heterocycles. The van der Waals surface area contributed by atoms with Gasteiger partial charge in [0, 0.05) is 45.7 Å². The zero-order valence-electron chi connectivity index (χ0n) is 18.4. The van der Waals surface area contributed by atoms with Gasteiger partial charge in [-0.15, -0.1) is 0 Å². The maximum Gasteiger partial charge on any atom is 0.416 e. The Bertz CT molecular complexity index is 955. The molecule has 0 aliphatic carbocycles. The van der Waals surface area contributed by atoms with Crippen LogP contribution in [0, 0.1) is 0 Å². The molecule has 0 N–H and O–H groups in total. The van der Waals surface area contributed by atoms with Crippen molar-refractivity contribution in [3.63, 3.8) is 0 Å². The number of amides is 2. The summed E-state index contributed by atoms with van der Waals surface area (Å²) >= 11 is 0. The molecule has 0 bridgehead atoms. The Balaban J connectivity index is 1.40. The minimum absolute atomic E-state index is 0.0180. The number of hydrogen-bond donors (Lipinski definition) is 0. The first-order valence-corrected chi connectivity index (χ1v) is 11.3. The van der Waals surface area contributed by atoms with E-state index in [1.165, 1.54) is 12.1 Å². The molecule has 2 amide bonds. The van der Waals surface area contributed by atoms with Crippen molar-refractivity contribution in [1.29, 1.82) is 0 Å². The molecule has 2 aliphatic rings. The summed E-state index contributed by atoms with van der Waals surface area (Å²) in [5.74, 6) is -0.0463. The molecule has 4 rings (SSSR count). The Morgan fingerprint density at radius 3 is 2.15 bits per heavy atom. The highest BCUT2D eigenvalue weighted by molar-refractivity contribution is 5.89. The molecule has 8 heteroatoms. The van der Waals surface area contributed by atoms with Crippen LogP contribution < -0.4 is 0 Å². The van der Waals surface area contributed by atoms with Crippen molar-refractivity contribution >= 4 is 11.8 Å². The Morgan fingerprint density at radius 2 is 1.55 bits per heavy atom. The van der Waals surface area contributed by atoms with Gasteiger partial charge in [0.05, 0.1) is 5.56 Å². The first-order chi connectivity index (χ1) is 15.8. The molecule has 1 atom stereocenters. The van der Waals surface area contributed by atoms with Crippen molar-refractivity contribution in [3.8, 4) is 0 Å². The average molecular weight is 460 g/mol. The van der Waals surface area contributed by atoms with E-state index in [4.69, 9.17) is 0 Å². The summed E-state index contributed by atoms with van der Waals surface area (Å²) < 4.78 is 38.3. The van der Waals surface area contributed by atoms with E-state index in [0.717, 1.165) is 36.1 Å². The number of carbonyl (C=O) groups is 2. The van der Waals surface area contributed by atoms with Crippen LogP contribution in [0.4, 0.5) is 13.2 Å². The maximum atomic E-state index is 13.5. The van der Waals surface area contributed by atoms with Crippen LogP contribution in [0.25, 0.3) is 0 Å². The summed E-state index contributed by atoms with van der Waals surface area (Å²) in [5, 5.41) is 0. The van der Waals surface area contributed by atoms with Gasteiger partial charge >= 0.3 is 6.18 Å². The third-order valence-corrected chi connectivity index (χ3v) is 6.39. The molecule has 2 fully saturated rings. The monoisotopic (exact) mass is 459 g/mol. The van der Waals surface area contributed by atoms with E-state index in [2.05, 4.69) is 4.90 Å². The topological polar surface area (TPSA) is 43.9 Å². The first-order valence-electron chi connectivity index (χ1n) is 11.3. The Morgan fingerprint density at radius 1 is 0.879 bits per heavy atom. The van der Waals surface area contributed by atoms with Gasteiger partial charge in [0.25, 0.3) is 0 Å². The van der Waals surface area contributed by atoms with Crippen molar-refractivity contribution in [3.05, 3.63) is 71.3 Å². The van der Waals surface area contributed by atoms with E-state index in [1.54, 1.807) is 4.90 Å². The van der Waals surface area contributed by atoms with E-state index >= 15 is 0 Å². The summed E-state index contributed by atoms with van der Waals surface area (Å²) in [6.45, 7) is 3.41. The number of nitrogens with zero attached hydrogens (tertiary/aromatic N) is 3. The lowest BCUT2D eigenvalue weighted by atomic mass is 9.99. The highest BCUT2D eigenvalue weighted by Gasteiger charge is 2.36. The van der Waals surface area contributed by atoms with Crippen LogP contribution in [0.5, 0.6) is 0 Å². The highest BCUT2D eigenvalue weighted by atomic mass is 19.4. The summed E-state index contributed by atoms with van der Waals surface area (Å²) in [6, 6.07) is 14.1. The molecule has 33 heavy (non-hydrogen) atoms. The van der Waals surface area contributed by atoms with Crippen molar-refractivity contribution in [2.75, 3.05) is 32.7 Å². The SMILES string of the molecule is O=C(C(c1ccccc1)N1CCCCC1=O)N1CCN(Cc2ccc(C(F)(F)F)cc2)CC1. The fourth-order valence-corrected chi connectivity index (χ4v) is 4.55. The average Bonchev–Trinajstić information content (AvgIpc) is 2.81. The zero-order chi connectivity index (χ0) is 23.4. The molecular formula is C25H28F3N3O2. The van der Waals surface area contributed by atoms with Crippen LogP contribution in [-0.2, 0) is 22.3 Å². The highest BCUT2D eigenvalue weighted by Crippen LogP contribution is 2.30. The second-order valence-corrected chi connectivity index (χ2v) is 8.65. The summed E-state index contributed by atoms with van der Waals surface area (Å²) in [6.07, 6.45) is -2.12. The number of halogens is 3. The third-order valence-electron chi connectivity index (χ3n) is 6.39. The van der Waals surface area contributed by atoms with E-state index in [0.29, 0.717) is 45.7 Å². The number of hydrogen-bond acceptors (Lipinski definition) is 3. The standard InChI is InChI=1S/C25H28F3N3O2/c26-25(27,28)21-11-9-19(10-12-21)18-29-14-16-30(17-15-29)24(33)23(20-6-2-1-3-7-20)31-13-5-4-8-22(31)32/h1-3,6-7,9-12,23H,4-5,8,13-18H2. The Labute approximate surface area is 191 Å². The lowest BCUT2D eigenvalue weighted by molar-refractivity contribution is -0.148. The van der Waals surface area contributed by atoms with Gasteiger partial charge in [-0.1, -0.05) is 42.5 Å². The third kappa shape index (κ3) is 5.55. The Hall–Kier alpha value is -2.87. The van der Waals surface area contributed by atoms with Gasteiger partial charge in [0.15, 0.2) is 0 Å². The van der Waals surface area contributed by atoms with Gasteiger partial charge in [-0.25, -0.2) is 0 Å². The number of rotatable bonds is 5. The molecule has 2 aromatic rings. The quantitative estimate of drug-likeness (QED) is 0.676. The molecule has 2 aliphatic heterocycles. The molecular weight excluding hydrogens is 431 g/mol. The second-order valence-electron chi connectivity index (χ2n) is 8.65. The summed E-state index contributed by atoms with van der Waals surface area (Å²) in [5.41, 5.74) is 0.981. The largest absolute Gasteiger partial charge is 0.416 e. The number of alkyl halides is 3. The zero-order valence-corrected chi connectivity index (χ0v) is 18.4. The second kappa shape index (κ2) is 9.95. The van der Waals surface area contributed by atoms with Gasteiger partial charge in [0.2, 0.25) is 11.8 Å². The van der Waals surface area contributed by atoms with E-state index in [-0.39, 0.29) is 11.8 Å². The van der Waals surface area contributed by atoms with Crippen molar-refractivity contribution < 1.29 is 22.8 Å². The van der Waals surface area contributed by atoms with E-state index in [9.17, 15) is 22.8 Å². The molecule has 5 nitrogen and oxygen atoms in total. The molecule has 0 saturated carbocycles.